The van der Waals surface area contributed by atoms with Crippen molar-refractivity contribution in [3.63, 3.8) is 0 Å². The van der Waals surface area contributed by atoms with Gasteiger partial charge in [0.1, 0.15) is 5.82 Å². The van der Waals surface area contributed by atoms with Crippen molar-refractivity contribution < 1.29 is 14.6 Å². The van der Waals surface area contributed by atoms with E-state index in [1.54, 1.807) is 0 Å². The van der Waals surface area contributed by atoms with Crippen LogP contribution in [0.3, 0.4) is 0 Å². The van der Waals surface area contributed by atoms with Gasteiger partial charge in [-0.3, -0.25) is 4.79 Å². The average Bonchev–Trinajstić information content (AvgIpc) is 3.05. The van der Waals surface area contributed by atoms with E-state index in [2.05, 4.69) is 21.7 Å². The molecule has 3 rings (SSSR count). The molecule has 2 fully saturated rings. The van der Waals surface area contributed by atoms with Crippen molar-refractivity contribution >= 4 is 17.7 Å². The predicted molar refractivity (Wildman–Crippen MR) is 78.5 cm³/mol. The van der Waals surface area contributed by atoms with Crippen LogP contribution in [0.5, 0.6) is 0 Å². The number of rotatable bonds is 7. The molecule has 0 bridgehead atoms. The lowest BCUT2D eigenvalue weighted by Gasteiger charge is -2.22. The topological polar surface area (TPSA) is 77.2 Å². The van der Waals surface area contributed by atoms with Gasteiger partial charge in [0.15, 0.2) is 5.16 Å². The van der Waals surface area contributed by atoms with Crippen LogP contribution in [0.15, 0.2) is 5.16 Å². The number of hydrogen-bond donors (Lipinski definition) is 1. The Labute approximate surface area is 128 Å². The molecular formula is C14H21N3O3S. The minimum Gasteiger partial charge on any atom is -0.481 e. The normalized spacial score (nSPS) is 25.4. The largest absolute Gasteiger partial charge is 0.481 e. The zero-order valence-corrected chi connectivity index (χ0v) is 13.0. The summed E-state index contributed by atoms with van der Waals surface area (Å²) in [6.45, 7) is 2.89. The van der Waals surface area contributed by atoms with Gasteiger partial charge in [-0.1, -0.05) is 18.7 Å². The second-order valence-electron chi connectivity index (χ2n) is 5.73. The highest BCUT2D eigenvalue weighted by molar-refractivity contribution is 7.99. The van der Waals surface area contributed by atoms with Gasteiger partial charge in [-0.25, -0.2) is 0 Å². The van der Waals surface area contributed by atoms with E-state index in [-0.39, 0.29) is 17.9 Å². The minimum absolute atomic E-state index is 0.0198. The second kappa shape index (κ2) is 6.36. The Bertz CT molecular complexity index is 516. The van der Waals surface area contributed by atoms with Crippen LogP contribution in [0.25, 0.3) is 0 Å². The number of ether oxygens (including phenoxy) is 1. The summed E-state index contributed by atoms with van der Waals surface area (Å²) in [6.07, 6.45) is 5.57. The van der Waals surface area contributed by atoms with Crippen molar-refractivity contribution in [1.29, 1.82) is 0 Å². The maximum Gasteiger partial charge on any atom is 0.313 e. The summed E-state index contributed by atoms with van der Waals surface area (Å²) in [5, 5.41) is 18.1. The third-order valence-corrected chi connectivity index (χ3v) is 4.98. The van der Waals surface area contributed by atoms with Gasteiger partial charge < -0.3 is 14.4 Å². The fourth-order valence-electron chi connectivity index (χ4n) is 3.01. The summed E-state index contributed by atoms with van der Waals surface area (Å²) < 4.78 is 8.08. The van der Waals surface area contributed by atoms with E-state index in [1.165, 1.54) is 24.6 Å². The summed E-state index contributed by atoms with van der Waals surface area (Å²) in [5.41, 5.74) is 0. The van der Waals surface area contributed by atoms with Crippen LogP contribution in [0.2, 0.25) is 0 Å². The lowest BCUT2D eigenvalue weighted by atomic mass is 10.1. The zero-order chi connectivity index (χ0) is 14.8. The number of thioether (sulfide) groups is 1. The Morgan fingerprint density at radius 1 is 1.43 bits per heavy atom. The SMILES string of the molecule is CCCc1nnc(SCC(=O)O)n1C1CCOC1C1CC1. The van der Waals surface area contributed by atoms with Crippen molar-refractivity contribution in [1.82, 2.24) is 14.8 Å². The molecule has 21 heavy (non-hydrogen) atoms. The molecule has 1 aromatic rings. The quantitative estimate of drug-likeness (QED) is 0.777. The van der Waals surface area contributed by atoms with E-state index < -0.39 is 5.97 Å². The first kappa shape index (κ1) is 14.8. The van der Waals surface area contributed by atoms with E-state index in [0.29, 0.717) is 5.92 Å². The van der Waals surface area contributed by atoms with Crippen LogP contribution in [-0.2, 0) is 16.0 Å². The first-order valence-corrected chi connectivity index (χ1v) is 8.59. The Kier molecular flexibility index (Phi) is 4.49. The van der Waals surface area contributed by atoms with Crippen LogP contribution in [-0.4, -0.2) is 44.3 Å². The lowest BCUT2D eigenvalue weighted by Crippen LogP contribution is -2.24. The molecule has 0 radical (unpaired) electrons. The van der Waals surface area contributed by atoms with Crippen LogP contribution >= 0.6 is 11.8 Å². The first-order valence-electron chi connectivity index (χ1n) is 7.60. The molecule has 1 N–H and O–H groups in total. The standard InChI is InChI=1S/C14H21N3O3S/c1-2-3-11-15-16-14(21-8-12(18)19)17(11)10-6-7-20-13(10)9-4-5-9/h9-10,13H,2-8H2,1H3,(H,18,19). The van der Waals surface area contributed by atoms with Crippen molar-refractivity contribution in [2.24, 2.45) is 5.92 Å². The average molecular weight is 311 g/mol. The van der Waals surface area contributed by atoms with Gasteiger partial charge in [-0.05, 0) is 31.6 Å². The smallest absolute Gasteiger partial charge is 0.313 e. The summed E-state index contributed by atoms with van der Waals surface area (Å²) >= 11 is 1.26. The number of carboxylic acid groups (broad SMARTS) is 1. The van der Waals surface area contributed by atoms with E-state index in [4.69, 9.17) is 9.84 Å². The number of carboxylic acids is 1. The Morgan fingerprint density at radius 2 is 2.24 bits per heavy atom. The van der Waals surface area contributed by atoms with Gasteiger partial charge in [0.25, 0.3) is 0 Å². The Morgan fingerprint density at radius 3 is 2.90 bits per heavy atom. The Hall–Kier alpha value is -1.08. The molecule has 6 nitrogen and oxygen atoms in total. The van der Waals surface area contributed by atoms with E-state index >= 15 is 0 Å². The number of aromatic nitrogens is 3. The molecule has 2 atom stereocenters. The number of aliphatic carboxylic acids is 1. The summed E-state index contributed by atoms with van der Waals surface area (Å²) in [5.74, 6) is 0.817. The van der Waals surface area contributed by atoms with Gasteiger partial charge in [0.2, 0.25) is 0 Å². The third-order valence-electron chi connectivity index (χ3n) is 4.05. The molecule has 1 saturated heterocycles. The molecule has 2 aliphatic rings. The van der Waals surface area contributed by atoms with E-state index in [9.17, 15) is 4.79 Å². The third kappa shape index (κ3) is 3.23. The number of hydrogen-bond acceptors (Lipinski definition) is 5. The van der Waals surface area contributed by atoms with Crippen LogP contribution in [0.1, 0.15) is 44.5 Å². The highest BCUT2D eigenvalue weighted by Crippen LogP contribution is 2.44. The Balaban J connectivity index is 1.85. The van der Waals surface area contributed by atoms with Crippen molar-refractivity contribution in [2.75, 3.05) is 12.4 Å². The van der Waals surface area contributed by atoms with Gasteiger partial charge in [-0.15, -0.1) is 10.2 Å². The fraction of sp³-hybridized carbons (Fsp3) is 0.786. The summed E-state index contributed by atoms with van der Waals surface area (Å²) in [4.78, 5) is 10.8. The van der Waals surface area contributed by atoms with Crippen molar-refractivity contribution in [2.45, 2.75) is 56.3 Å². The monoisotopic (exact) mass is 311 g/mol. The first-order chi connectivity index (χ1) is 10.2. The zero-order valence-electron chi connectivity index (χ0n) is 12.2. The predicted octanol–water partition coefficient (Wildman–Crippen LogP) is 2.15. The minimum atomic E-state index is -0.826. The highest BCUT2D eigenvalue weighted by atomic mass is 32.2. The number of aryl methyl sites for hydroxylation is 1. The molecule has 0 amide bonds. The number of nitrogens with zero attached hydrogens (tertiary/aromatic N) is 3. The molecule has 116 valence electrons. The molecule has 1 aliphatic carbocycles. The van der Waals surface area contributed by atoms with Gasteiger partial charge in [0, 0.05) is 13.0 Å². The highest BCUT2D eigenvalue weighted by Gasteiger charge is 2.43. The molecule has 7 heteroatoms. The number of carbonyl (C=O) groups is 1. The van der Waals surface area contributed by atoms with Crippen molar-refractivity contribution in [3.05, 3.63) is 5.82 Å². The molecule has 1 aliphatic heterocycles. The lowest BCUT2D eigenvalue weighted by molar-refractivity contribution is -0.133. The van der Waals surface area contributed by atoms with E-state index in [1.807, 2.05) is 0 Å². The van der Waals surface area contributed by atoms with Gasteiger partial charge in [0.05, 0.1) is 17.9 Å². The fourth-order valence-corrected chi connectivity index (χ4v) is 3.74. The molecular weight excluding hydrogens is 290 g/mol. The summed E-state index contributed by atoms with van der Waals surface area (Å²) in [6, 6.07) is 0.269. The molecule has 0 spiro atoms. The van der Waals surface area contributed by atoms with Crippen molar-refractivity contribution in [3.8, 4) is 0 Å². The molecule has 1 saturated carbocycles. The molecule has 0 aromatic carbocycles. The van der Waals surface area contributed by atoms with Crippen LogP contribution in [0, 0.1) is 5.92 Å². The maximum absolute atomic E-state index is 10.8. The van der Waals surface area contributed by atoms with Gasteiger partial charge >= 0.3 is 5.97 Å². The second-order valence-corrected chi connectivity index (χ2v) is 6.67. The van der Waals surface area contributed by atoms with Gasteiger partial charge in [-0.2, -0.15) is 0 Å². The van der Waals surface area contributed by atoms with E-state index in [0.717, 1.165) is 36.9 Å². The molecule has 1 aromatic heterocycles. The van der Waals surface area contributed by atoms with Crippen LogP contribution in [0.4, 0.5) is 0 Å². The maximum atomic E-state index is 10.8. The molecule has 2 heterocycles. The van der Waals surface area contributed by atoms with Crippen LogP contribution < -0.4 is 0 Å². The summed E-state index contributed by atoms with van der Waals surface area (Å²) in [7, 11) is 0. The molecule has 2 unspecified atom stereocenters.